The van der Waals surface area contributed by atoms with Gasteiger partial charge in [0.1, 0.15) is 19.3 Å². The van der Waals surface area contributed by atoms with Crippen LogP contribution in [0.3, 0.4) is 0 Å². The minimum atomic E-state index is -4.44. The Labute approximate surface area is 421 Å². The topological polar surface area (TPSA) is 111 Å². The average molecular weight is 981 g/mol. The van der Waals surface area contributed by atoms with Crippen molar-refractivity contribution in [2.24, 2.45) is 0 Å². The van der Waals surface area contributed by atoms with Crippen molar-refractivity contribution < 1.29 is 37.3 Å². The second-order valence-corrected chi connectivity index (χ2v) is 22.3. The highest BCUT2D eigenvalue weighted by Crippen LogP contribution is 2.43. The van der Waals surface area contributed by atoms with Crippen LogP contribution in [-0.4, -0.2) is 74.3 Å². The van der Waals surface area contributed by atoms with Gasteiger partial charge in [0.05, 0.1) is 33.8 Å². The summed E-state index contributed by atoms with van der Waals surface area (Å²) in [4.78, 5) is 37.5. The molecule has 0 aromatic rings. The summed E-state index contributed by atoms with van der Waals surface area (Å²) in [7, 11) is 1.49. The molecule has 0 heterocycles. The molecule has 68 heavy (non-hydrogen) atoms. The summed E-state index contributed by atoms with van der Waals surface area (Å²) >= 11 is 0. The summed E-state index contributed by atoms with van der Waals surface area (Å²) in [6.07, 6.45) is 57.1. The van der Waals surface area contributed by atoms with E-state index < -0.39 is 20.0 Å². The quantitative estimate of drug-likeness (QED) is 0.0156. The van der Waals surface area contributed by atoms with Crippen LogP contribution >= 0.6 is 7.82 Å². The summed E-state index contributed by atoms with van der Waals surface area (Å²) in [5.74, 6) is -0.527. The van der Waals surface area contributed by atoms with Gasteiger partial charge in [-0.15, -0.1) is 0 Å². The van der Waals surface area contributed by atoms with E-state index in [1.165, 1.54) is 167 Å². The van der Waals surface area contributed by atoms with E-state index in [9.17, 15) is 19.0 Å². The van der Waals surface area contributed by atoms with E-state index in [1.54, 1.807) is 0 Å². The van der Waals surface area contributed by atoms with Gasteiger partial charge in [-0.05, 0) is 57.4 Å². The van der Waals surface area contributed by atoms with Gasteiger partial charge in [-0.3, -0.25) is 18.6 Å². The number of quaternary nitrogens is 1. The van der Waals surface area contributed by atoms with E-state index in [4.69, 9.17) is 13.8 Å². The lowest BCUT2D eigenvalue weighted by Crippen LogP contribution is -2.47. The van der Waals surface area contributed by atoms with E-state index in [1.807, 2.05) is 33.3 Å². The first-order chi connectivity index (χ1) is 32.9. The normalized spacial score (nSPS) is 14.0. The highest BCUT2D eigenvalue weighted by Gasteiger charge is 2.30. The molecule has 0 saturated carbocycles. The highest BCUT2D eigenvalue weighted by atomic mass is 31.2. The zero-order chi connectivity index (χ0) is 50.1. The third-order valence-electron chi connectivity index (χ3n) is 12.9. The van der Waals surface area contributed by atoms with Crippen molar-refractivity contribution in [3.05, 3.63) is 36.5 Å². The monoisotopic (exact) mass is 980 g/mol. The Morgan fingerprint density at radius 1 is 0.515 bits per heavy atom. The molecule has 10 heteroatoms. The maximum Gasteiger partial charge on any atom is 0.472 e. The number of unbranched alkanes of at least 4 members (excludes halogenated alkanes) is 33. The Balaban J connectivity index is 5.35. The molecular weight excluding hydrogens is 868 g/mol. The number of likely N-dealkylation sites (N-methyl/N-ethyl adjacent to an activating group) is 1. The molecule has 1 amide bonds. The van der Waals surface area contributed by atoms with Crippen molar-refractivity contribution in [1.29, 1.82) is 0 Å². The van der Waals surface area contributed by atoms with Crippen molar-refractivity contribution in [3.63, 3.8) is 0 Å². The van der Waals surface area contributed by atoms with Gasteiger partial charge < -0.3 is 19.4 Å². The number of carbonyl (C=O) groups is 2. The third-order valence-corrected chi connectivity index (χ3v) is 13.8. The number of nitrogens with one attached hydrogen (secondary N) is 1. The molecule has 0 aliphatic carbocycles. The van der Waals surface area contributed by atoms with Crippen LogP contribution in [0.15, 0.2) is 36.5 Å². The van der Waals surface area contributed by atoms with Crippen molar-refractivity contribution in [3.8, 4) is 0 Å². The van der Waals surface area contributed by atoms with Crippen molar-refractivity contribution >= 4 is 19.7 Å². The second-order valence-electron chi connectivity index (χ2n) is 20.9. The highest BCUT2D eigenvalue weighted by molar-refractivity contribution is 7.47. The fourth-order valence-electron chi connectivity index (χ4n) is 8.34. The molecule has 0 aromatic carbocycles. The van der Waals surface area contributed by atoms with Gasteiger partial charge in [-0.2, -0.15) is 0 Å². The number of nitrogens with zero attached hydrogens (tertiary/aromatic N) is 1. The summed E-state index contributed by atoms with van der Waals surface area (Å²) in [5.41, 5.74) is 0. The fraction of sp³-hybridized carbons (Fsp3) is 0.862. The fourth-order valence-corrected chi connectivity index (χ4v) is 9.08. The molecule has 0 rings (SSSR count). The molecule has 400 valence electrons. The number of phosphoric acid groups is 1. The molecule has 3 unspecified atom stereocenters. The van der Waals surface area contributed by atoms with Gasteiger partial charge in [-0.25, -0.2) is 4.57 Å². The Morgan fingerprint density at radius 3 is 1.31 bits per heavy atom. The number of hydrogen-bond donors (Lipinski definition) is 2. The molecule has 0 radical (unpaired) electrons. The number of hydrogen-bond acceptors (Lipinski definition) is 6. The minimum Gasteiger partial charge on any atom is -0.456 e. The van der Waals surface area contributed by atoms with Crippen LogP contribution in [0.1, 0.15) is 271 Å². The first-order valence-corrected chi connectivity index (χ1v) is 30.3. The zero-order valence-electron chi connectivity index (χ0n) is 45.6. The lowest BCUT2D eigenvalue weighted by atomic mass is 10.0. The number of rotatable bonds is 52. The molecule has 0 bridgehead atoms. The average Bonchev–Trinajstić information content (AvgIpc) is 3.29. The summed E-state index contributed by atoms with van der Waals surface area (Å²) in [6.45, 7) is 7.00. The van der Waals surface area contributed by atoms with Crippen molar-refractivity contribution in [1.82, 2.24) is 5.32 Å². The van der Waals surface area contributed by atoms with Crippen LogP contribution in [0.4, 0.5) is 0 Å². The molecule has 2 N–H and O–H groups in total. The number of ether oxygens (including phenoxy) is 1. The number of allylic oxidation sites excluding steroid dienone is 5. The standard InChI is InChI=1S/C58H111N2O7P/c1-7-10-13-16-19-22-25-27-29-31-32-35-38-41-44-47-50-57(61)59-55(54-66-68(63,64)65-53-52-60(4,5)6)56(49-46-43-40-37-34-24-21-18-15-12-9-3)67-58(62)51-48-45-42-39-36-33-30-28-26-23-20-17-14-11-8-2/h29,31-32,35,46,49,55-56H,7-28,30,33-34,36-45,47-48,50-54H2,1-6H3,(H-,59,61,63,64)/p+1/b31-29+,35-32+,49-46+. The molecule has 0 aliphatic heterocycles. The lowest BCUT2D eigenvalue weighted by molar-refractivity contribution is -0.870. The van der Waals surface area contributed by atoms with Crippen LogP contribution in [0.25, 0.3) is 0 Å². The summed E-state index contributed by atoms with van der Waals surface area (Å²) in [6, 6.07) is -0.856. The predicted molar refractivity (Wildman–Crippen MR) is 291 cm³/mol. The number of esters is 1. The van der Waals surface area contributed by atoms with E-state index in [0.717, 1.165) is 64.2 Å². The minimum absolute atomic E-state index is 0.0370. The SMILES string of the molecule is CCCCCCCCC/C=C/C=C/CCCCCC(=O)NC(COP(=O)(O)OCC[N+](C)(C)C)C(/C=C/CCCCCCCCCCC)OC(=O)CCCCCCCCCCCCCCCCC. The van der Waals surface area contributed by atoms with E-state index in [2.05, 4.69) is 50.4 Å². The van der Waals surface area contributed by atoms with E-state index in [0.29, 0.717) is 30.3 Å². The smallest absolute Gasteiger partial charge is 0.456 e. The number of phosphoric ester groups is 1. The molecule has 0 aliphatic rings. The molecule has 9 nitrogen and oxygen atoms in total. The predicted octanol–water partition coefficient (Wildman–Crippen LogP) is 17.2. The maximum absolute atomic E-state index is 13.5. The van der Waals surface area contributed by atoms with Gasteiger partial charge in [0.25, 0.3) is 0 Å². The van der Waals surface area contributed by atoms with Crippen LogP contribution in [-0.2, 0) is 27.9 Å². The summed E-state index contributed by atoms with van der Waals surface area (Å²) < 4.78 is 30.6. The molecule has 0 saturated heterocycles. The first kappa shape index (κ1) is 66.2. The molecule has 3 atom stereocenters. The van der Waals surface area contributed by atoms with Gasteiger partial charge in [0.2, 0.25) is 5.91 Å². The molecule has 0 fully saturated rings. The second kappa shape index (κ2) is 48.8. The molecular formula is C58H112N2O7P+. The van der Waals surface area contributed by atoms with Crippen molar-refractivity contribution in [2.45, 2.75) is 283 Å². The van der Waals surface area contributed by atoms with Crippen LogP contribution in [0.5, 0.6) is 0 Å². The Hall–Kier alpha value is -1.77. The van der Waals surface area contributed by atoms with Crippen molar-refractivity contribution in [2.75, 3.05) is 40.9 Å². The zero-order valence-corrected chi connectivity index (χ0v) is 46.5. The number of carbonyl (C=O) groups excluding carboxylic acids is 2. The Bertz CT molecular complexity index is 1270. The van der Waals surface area contributed by atoms with Gasteiger partial charge in [0, 0.05) is 12.8 Å². The Kier molecular flexibility index (Phi) is 47.6. The van der Waals surface area contributed by atoms with Gasteiger partial charge in [-0.1, -0.05) is 237 Å². The molecule has 0 spiro atoms. The Morgan fingerprint density at radius 2 is 0.882 bits per heavy atom. The van der Waals surface area contributed by atoms with Crippen LogP contribution < -0.4 is 5.32 Å². The van der Waals surface area contributed by atoms with E-state index >= 15 is 0 Å². The maximum atomic E-state index is 13.5. The van der Waals surface area contributed by atoms with Gasteiger partial charge in [0.15, 0.2) is 0 Å². The summed E-state index contributed by atoms with van der Waals surface area (Å²) in [5, 5.41) is 3.03. The van der Waals surface area contributed by atoms with E-state index in [-0.39, 0.29) is 25.1 Å². The largest absolute Gasteiger partial charge is 0.472 e. The lowest BCUT2D eigenvalue weighted by Gasteiger charge is -2.27. The third kappa shape index (κ3) is 49.2. The first-order valence-electron chi connectivity index (χ1n) is 28.8. The van der Waals surface area contributed by atoms with Gasteiger partial charge >= 0.3 is 13.8 Å². The number of amides is 1. The van der Waals surface area contributed by atoms with Crippen LogP contribution in [0, 0.1) is 0 Å². The van der Waals surface area contributed by atoms with Crippen LogP contribution in [0.2, 0.25) is 0 Å². The molecule has 0 aromatic heterocycles.